The number of nitrogens with zero attached hydrogens (tertiary/aromatic N) is 1. The van der Waals surface area contributed by atoms with E-state index in [9.17, 15) is 18.0 Å². The number of benzene rings is 2. The Balaban J connectivity index is 1.48. The predicted octanol–water partition coefficient (Wildman–Crippen LogP) is 4.50. The molecule has 0 aliphatic carbocycles. The molecular weight excluding hydrogens is 440 g/mol. The Bertz CT molecular complexity index is 1420. The maximum Gasteiger partial charge on any atom is 0.257 e. The van der Waals surface area contributed by atoms with Crippen molar-refractivity contribution in [2.45, 2.75) is 9.79 Å². The van der Waals surface area contributed by atoms with Crippen LogP contribution in [0.3, 0.4) is 0 Å². The topological polar surface area (TPSA) is 93.2 Å². The first kappa shape index (κ1) is 18.9. The van der Waals surface area contributed by atoms with Gasteiger partial charge in [0.15, 0.2) is 10.9 Å². The van der Waals surface area contributed by atoms with Crippen molar-refractivity contribution >= 4 is 49.3 Å². The van der Waals surface area contributed by atoms with Gasteiger partial charge in [-0.05, 0) is 41.8 Å². The highest BCUT2D eigenvalue weighted by Gasteiger charge is 2.35. The highest BCUT2D eigenvalue weighted by molar-refractivity contribution is 7.91. The first-order valence-electron chi connectivity index (χ1n) is 8.79. The van der Waals surface area contributed by atoms with Gasteiger partial charge in [-0.2, -0.15) is 0 Å². The molecule has 0 bridgehead atoms. The van der Waals surface area contributed by atoms with E-state index in [2.05, 4.69) is 10.3 Å². The molecule has 1 N–H and O–H groups in total. The molecule has 30 heavy (non-hydrogen) atoms. The Labute approximate surface area is 179 Å². The fourth-order valence-corrected chi connectivity index (χ4v) is 6.41. The van der Waals surface area contributed by atoms with Gasteiger partial charge in [0, 0.05) is 22.1 Å². The zero-order valence-electron chi connectivity index (χ0n) is 15.2. The van der Waals surface area contributed by atoms with Crippen LogP contribution in [-0.2, 0) is 9.84 Å². The van der Waals surface area contributed by atoms with Gasteiger partial charge in [-0.25, -0.2) is 13.4 Å². The highest BCUT2D eigenvalue weighted by atomic mass is 32.2. The zero-order chi connectivity index (χ0) is 20.9. The number of fused-ring (bicyclic) bond motifs is 2. The van der Waals surface area contributed by atoms with Gasteiger partial charge in [0.1, 0.15) is 0 Å². The summed E-state index contributed by atoms with van der Waals surface area (Å²) in [6.07, 6.45) is 0. The quantitative estimate of drug-likeness (QED) is 0.435. The predicted molar refractivity (Wildman–Crippen MR) is 115 cm³/mol. The molecule has 0 saturated heterocycles. The van der Waals surface area contributed by atoms with Gasteiger partial charge in [-0.3, -0.25) is 14.9 Å². The summed E-state index contributed by atoms with van der Waals surface area (Å²) in [5.74, 6) is -0.866. The number of carbonyl (C=O) groups is 2. The van der Waals surface area contributed by atoms with Crippen molar-refractivity contribution in [3.8, 4) is 10.6 Å². The number of anilines is 1. The summed E-state index contributed by atoms with van der Waals surface area (Å²) in [7, 11) is -3.90. The molecular formula is C21H12N2O4S3. The highest BCUT2D eigenvalue weighted by Crippen LogP contribution is 2.35. The van der Waals surface area contributed by atoms with Gasteiger partial charge >= 0.3 is 0 Å². The second-order valence-electron chi connectivity index (χ2n) is 6.51. The Hall–Kier alpha value is -3.14. The maximum absolute atomic E-state index is 13.0. The van der Waals surface area contributed by atoms with E-state index in [4.69, 9.17) is 0 Å². The number of hydrogen-bond acceptors (Lipinski definition) is 7. The lowest BCUT2D eigenvalue weighted by molar-refractivity contribution is 0.101. The van der Waals surface area contributed by atoms with Crippen LogP contribution in [0.1, 0.15) is 26.3 Å². The van der Waals surface area contributed by atoms with Crippen molar-refractivity contribution in [3.05, 3.63) is 82.0 Å². The molecule has 0 unspecified atom stereocenters. The van der Waals surface area contributed by atoms with Crippen LogP contribution in [0.5, 0.6) is 0 Å². The molecule has 0 atom stereocenters. The summed E-state index contributed by atoms with van der Waals surface area (Å²) in [4.78, 5) is 30.6. The molecule has 5 rings (SSSR count). The Morgan fingerprint density at radius 2 is 1.73 bits per heavy atom. The SMILES string of the molecule is O=C(Nc1nc(-c2cccs2)cs1)c1ccc2c(c1)S(=O)(=O)c1ccccc1C2=O. The molecule has 148 valence electrons. The summed E-state index contributed by atoms with van der Waals surface area (Å²) in [5, 5.41) is 6.89. The van der Waals surface area contributed by atoms with Crippen molar-refractivity contribution in [2.24, 2.45) is 0 Å². The van der Waals surface area contributed by atoms with E-state index in [-0.39, 0.29) is 32.3 Å². The lowest BCUT2D eigenvalue weighted by Gasteiger charge is -2.19. The van der Waals surface area contributed by atoms with Crippen molar-refractivity contribution in [3.63, 3.8) is 0 Å². The monoisotopic (exact) mass is 452 g/mol. The molecule has 0 fully saturated rings. The summed E-state index contributed by atoms with van der Waals surface area (Å²) >= 11 is 2.83. The minimum Gasteiger partial charge on any atom is -0.298 e. The second kappa shape index (κ2) is 6.98. The maximum atomic E-state index is 13.0. The van der Waals surface area contributed by atoms with Crippen molar-refractivity contribution < 1.29 is 18.0 Å². The molecule has 9 heteroatoms. The van der Waals surface area contributed by atoms with Crippen LogP contribution < -0.4 is 5.32 Å². The van der Waals surface area contributed by atoms with Crippen molar-refractivity contribution in [1.82, 2.24) is 4.98 Å². The number of hydrogen-bond donors (Lipinski definition) is 1. The number of ketones is 1. The van der Waals surface area contributed by atoms with E-state index in [1.165, 1.54) is 41.7 Å². The van der Waals surface area contributed by atoms with Crippen LogP contribution in [-0.4, -0.2) is 25.1 Å². The van der Waals surface area contributed by atoms with Crippen LogP contribution in [0.4, 0.5) is 5.13 Å². The zero-order valence-corrected chi connectivity index (χ0v) is 17.6. The number of rotatable bonds is 3. The minimum atomic E-state index is -3.90. The number of thiazole rings is 1. The molecule has 1 aliphatic rings. The van der Waals surface area contributed by atoms with Crippen LogP contribution in [0.25, 0.3) is 10.6 Å². The number of carbonyl (C=O) groups excluding carboxylic acids is 2. The largest absolute Gasteiger partial charge is 0.298 e. The first-order valence-corrected chi connectivity index (χ1v) is 12.0. The van der Waals surface area contributed by atoms with E-state index in [1.807, 2.05) is 22.9 Å². The van der Waals surface area contributed by atoms with Crippen molar-refractivity contribution in [1.29, 1.82) is 0 Å². The number of sulfone groups is 1. The Morgan fingerprint density at radius 3 is 2.53 bits per heavy atom. The van der Waals surface area contributed by atoms with Gasteiger partial charge in [-0.15, -0.1) is 22.7 Å². The molecule has 2 aromatic heterocycles. The Kier molecular flexibility index (Phi) is 4.39. The van der Waals surface area contributed by atoms with Gasteiger partial charge in [0.05, 0.1) is 20.4 Å². The lowest BCUT2D eigenvalue weighted by atomic mass is 10.0. The van der Waals surface area contributed by atoms with E-state index in [1.54, 1.807) is 23.5 Å². The number of aromatic nitrogens is 1. The van der Waals surface area contributed by atoms with Crippen LogP contribution >= 0.6 is 22.7 Å². The molecule has 1 aliphatic heterocycles. The van der Waals surface area contributed by atoms with E-state index in [0.29, 0.717) is 5.13 Å². The molecule has 2 aromatic carbocycles. The molecule has 4 aromatic rings. The smallest absolute Gasteiger partial charge is 0.257 e. The summed E-state index contributed by atoms with van der Waals surface area (Å²) < 4.78 is 26.0. The van der Waals surface area contributed by atoms with Gasteiger partial charge < -0.3 is 0 Å². The average Bonchev–Trinajstić information content (AvgIpc) is 3.44. The molecule has 1 amide bonds. The molecule has 0 saturated carbocycles. The third-order valence-corrected chi connectivity index (χ3v) is 8.20. The fourth-order valence-electron chi connectivity index (χ4n) is 3.26. The molecule has 3 heterocycles. The third-order valence-electron chi connectivity index (χ3n) is 4.70. The average molecular weight is 453 g/mol. The van der Waals surface area contributed by atoms with Gasteiger partial charge in [0.2, 0.25) is 9.84 Å². The standard InChI is InChI=1S/C21H12N2O4S3/c24-19-13-4-1-2-6-17(13)30(26,27)18-10-12(7-8-14(18)19)20(25)23-21-22-15(11-29-21)16-5-3-9-28-16/h1-11H,(H,22,23,25). The normalized spacial score (nSPS) is 14.1. The molecule has 0 spiro atoms. The first-order chi connectivity index (χ1) is 14.4. The van der Waals surface area contributed by atoms with Crippen LogP contribution in [0, 0.1) is 0 Å². The number of amides is 1. The lowest BCUT2D eigenvalue weighted by Crippen LogP contribution is -2.21. The summed E-state index contributed by atoms with van der Waals surface area (Å²) in [6.45, 7) is 0. The summed E-state index contributed by atoms with van der Waals surface area (Å²) in [5.41, 5.74) is 1.11. The Morgan fingerprint density at radius 1 is 0.933 bits per heavy atom. The van der Waals surface area contributed by atoms with Crippen LogP contribution in [0.2, 0.25) is 0 Å². The van der Waals surface area contributed by atoms with E-state index < -0.39 is 15.7 Å². The van der Waals surface area contributed by atoms with E-state index in [0.717, 1.165) is 10.6 Å². The minimum absolute atomic E-state index is 0.0411. The summed E-state index contributed by atoms with van der Waals surface area (Å²) in [6, 6.07) is 14.0. The molecule has 0 radical (unpaired) electrons. The third kappa shape index (κ3) is 2.98. The molecule has 6 nitrogen and oxygen atoms in total. The number of nitrogens with one attached hydrogen (secondary N) is 1. The van der Waals surface area contributed by atoms with E-state index >= 15 is 0 Å². The second-order valence-corrected chi connectivity index (χ2v) is 10.2. The van der Waals surface area contributed by atoms with Gasteiger partial charge in [-0.1, -0.05) is 18.2 Å². The number of thiophene rings is 1. The van der Waals surface area contributed by atoms with Crippen molar-refractivity contribution in [2.75, 3.05) is 5.32 Å². The van der Waals surface area contributed by atoms with Gasteiger partial charge in [0.25, 0.3) is 5.91 Å². The fraction of sp³-hybridized carbons (Fsp3) is 0. The van der Waals surface area contributed by atoms with Crippen LogP contribution in [0.15, 0.2) is 75.1 Å².